The SMILES string of the molecule is COc1cc(C2NC(=O)c3cc(C)ccc3N2)ccc1OCCCCOc1c(OC)cc(-c2cc(-c3cc(OC)c(OC)c(OC)c3)no2)cc1OC. The summed E-state index contributed by atoms with van der Waals surface area (Å²) >= 11 is 0. The first-order chi connectivity index (χ1) is 25.8. The van der Waals surface area contributed by atoms with Gasteiger partial charge in [-0.15, -0.1) is 0 Å². The first-order valence-electron chi connectivity index (χ1n) is 17.0. The highest BCUT2D eigenvalue weighted by atomic mass is 16.5. The molecule has 1 aliphatic rings. The molecule has 2 N–H and O–H groups in total. The van der Waals surface area contributed by atoms with Crippen LogP contribution in [0, 0.1) is 6.92 Å². The average Bonchev–Trinajstić information content (AvgIpc) is 3.69. The van der Waals surface area contributed by atoms with E-state index in [4.69, 9.17) is 42.4 Å². The van der Waals surface area contributed by atoms with Crippen LogP contribution in [0.4, 0.5) is 5.69 Å². The molecule has 0 bridgehead atoms. The molecule has 6 rings (SSSR count). The highest BCUT2D eigenvalue weighted by Gasteiger charge is 2.26. The molecule has 0 radical (unpaired) electrons. The van der Waals surface area contributed by atoms with E-state index in [1.807, 2.05) is 61.5 Å². The monoisotopic (exact) mass is 725 g/mol. The fraction of sp³-hybridized carbons (Fsp3) is 0.300. The van der Waals surface area contributed by atoms with Crippen LogP contribution in [0.5, 0.6) is 46.0 Å². The smallest absolute Gasteiger partial charge is 0.255 e. The second-order valence-corrected chi connectivity index (χ2v) is 12.1. The molecule has 1 amide bonds. The van der Waals surface area contributed by atoms with Crippen LogP contribution in [0.3, 0.4) is 0 Å². The molecule has 13 nitrogen and oxygen atoms in total. The van der Waals surface area contributed by atoms with Crippen molar-refractivity contribution < 1.29 is 47.2 Å². The molecule has 0 saturated heterocycles. The number of amides is 1. The Morgan fingerprint density at radius 3 is 1.89 bits per heavy atom. The van der Waals surface area contributed by atoms with E-state index < -0.39 is 6.17 Å². The lowest BCUT2D eigenvalue weighted by atomic mass is 10.0. The number of rotatable bonds is 16. The Kier molecular flexibility index (Phi) is 11.3. The minimum Gasteiger partial charge on any atom is -0.493 e. The van der Waals surface area contributed by atoms with Gasteiger partial charge in [0.2, 0.25) is 11.5 Å². The summed E-state index contributed by atoms with van der Waals surface area (Å²) in [6, 6.07) is 20.4. The van der Waals surface area contributed by atoms with Crippen molar-refractivity contribution in [3.63, 3.8) is 0 Å². The number of aryl methyl sites for hydroxylation is 1. The number of carbonyl (C=O) groups is 1. The normalized spacial score (nSPS) is 13.3. The largest absolute Gasteiger partial charge is 0.493 e. The second kappa shape index (κ2) is 16.4. The molecule has 1 aliphatic heterocycles. The van der Waals surface area contributed by atoms with Crippen LogP contribution in [-0.2, 0) is 0 Å². The summed E-state index contributed by atoms with van der Waals surface area (Å²) < 4.78 is 51.4. The number of benzene rings is 4. The Morgan fingerprint density at radius 1 is 0.623 bits per heavy atom. The third-order valence-corrected chi connectivity index (χ3v) is 8.77. The van der Waals surface area contributed by atoms with Crippen molar-refractivity contribution in [1.29, 1.82) is 0 Å². The highest BCUT2D eigenvalue weighted by Crippen LogP contribution is 2.44. The number of methoxy groups -OCH3 is 6. The topological polar surface area (TPSA) is 141 Å². The van der Waals surface area contributed by atoms with Crippen molar-refractivity contribution in [2.45, 2.75) is 25.9 Å². The number of fused-ring (bicyclic) bond motifs is 1. The third-order valence-electron chi connectivity index (χ3n) is 8.77. The van der Waals surface area contributed by atoms with Gasteiger partial charge in [0.15, 0.2) is 40.3 Å². The molecule has 4 aromatic carbocycles. The van der Waals surface area contributed by atoms with Crippen molar-refractivity contribution in [2.24, 2.45) is 0 Å². The van der Waals surface area contributed by atoms with Gasteiger partial charge >= 0.3 is 0 Å². The number of hydrogen-bond donors (Lipinski definition) is 2. The second-order valence-electron chi connectivity index (χ2n) is 12.1. The summed E-state index contributed by atoms with van der Waals surface area (Å²) in [5.74, 6) is 4.47. The zero-order valence-electron chi connectivity index (χ0n) is 30.8. The van der Waals surface area contributed by atoms with Gasteiger partial charge in [0, 0.05) is 22.9 Å². The minimum atomic E-state index is -0.400. The summed E-state index contributed by atoms with van der Waals surface area (Å²) in [6.45, 7) is 2.80. The van der Waals surface area contributed by atoms with E-state index in [0.717, 1.165) is 22.4 Å². The fourth-order valence-corrected chi connectivity index (χ4v) is 6.02. The predicted molar refractivity (Wildman–Crippen MR) is 198 cm³/mol. The summed E-state index contributed by atoms with van der Waals surface area (Å²) in [7, 11) is 9.39. The number of aromatic nitrogens is 1. The Morgan fingerprint density at radius 2 is 1.25 bits per heavy atom. The molecular formula is C40H43N3O10. The molecule has 278 valence electrons. The zero-order valence-corrected chi connectivity index (χ0v) is 30.8. The van der Waals surface area contributed by atoms with Gasteiger partial charge in [-0.05, 0) is 73.9 Å². The van der Waals surface area contributed by atoms with Gasteiger partial charge < -0.3 is 53.1 Å². The number of unbranched alkanes of at least 4 members (excludes halogenated alkanes) is 1. The lowest BCUT2D eigenvalue weighted by Gasteiger charge is -2.28. The molecular weight excluding hydrogens is 682 g/mol. The van der Waals surface area contributed by atoms with Gasteiger partial charge in [-0.1, -0.05) is 22.9 Å². The van der Waals surface area contributed by atoms with E-state index >= 15 is 0 Å². The number of ether oxygens (including phenoxy) is 8. The summed E-state index contributed by atoms with van der Waals surface area (Å²) in [6.07, 6.45) is 1.01. The Bertz CT molecular complexity index is 2030. The molecule has 13 heteroatoms. The van der Waals surface area contributed by atoms with Gasteiger partial charge in [0.25, 0.3) is 5.91 Å². The number of hydrogen-bond acceptors (Lipinski definition) is 12. The summed E-state index contributed by atoms with van der Waals surface area (Å²) in [5, 5.41) is 10.7. The van der Waals surface area contributed by atoms with Crippen molar-refractivity contribution >= 4 is 11.6 Å². The highest BCUT2D eigenvalue weighted by molar-refractivity contribution is 6.02. The van der Waals surface area contributed by atoms with Gasteiger partial charge in [-0.2, -0.15) is 0 Å². The van der Waals surface area contributed by atoms with E-state index in [1.54, 1.807) is 54.8 Å². The van der Waals surface area contributed by atoms with E-state index in [-0.39, 0.29) is 5.91 Å². The summed E-state index contributed by atoms with van der Waals surface area (Å²) in [5.41, 5.74) is 5.27. The standard InChI is InChI=1S/C40H43N3O10/c1-23-10-12-28-27(16-23)40(44)42-39(41-28)24-11-13-30(32(17-24)45-2)51-14-8-9-15-52-38-35(48-5)20-26(21-36(38)49-6)31-22-29(43-53-31)25-18-33(46-3)37(50-7)34(19-25)47-4/h10-13,16-22,39,41H,8-9,14-15H2,1-7H3,(H,42,44). The van der Waals surface area contributed by atoms with E-state index in [2.05, 4.69) is 15.8 Å². The molecule has 53 heavy (non-hydrogen) atoms. The van der Waals surface area contributed by atoms with Crippen LogP contribution < -0.4 is 48.5 Å². The van der Waals surface area contributed by atoms with E-state index in [1.165, 1.54) is 0 Å². The maximum absolute atomic E-state index is 12.8. The number of carbonyl (C=O) groups excluding carboxylic acids is 1. The van der Waals surface area contributed by atoms with Crippen LogP contribution in [0.15, 0.2) is 71.3 Å². The molecule has 0 aliphatic carbocycles. The van der Waals surface area contributed by atoms with E-state index in [9.17, 15) is 4.79 Å². The van der Waals surface area contributed by atoms with Crippen LogP contribution in [0.1, 0.15) is 40.5 Å². The lowest BCUT2D eigenvalue weighted by molar-refractivity contribution is 0.0935. The minimum absolute atomic E-state index is 0.127. The van der Waals surface area contributed by atoms with Gasteiger partial charge in [-0.3, -0.25) is 4.79 Å². The van der Waals surface area contributed by atoms with E-state index in [0.29, 0.717) is 94.6 Å². The molecule has 5 aromatic rings. The van der Waals surface area contributed by atoms with Crippen molar-refractivity contribution in [3.8, 4) is 68.6 Å². The molecule has 1 atom stereocenters. The first-order valence-corrected chi connectivity index (χ1v) is 17.0. The number of anilines is 1. The fourth-order valence-electron chi connectivity index (χ4n) is 6.02. The van der Waals surface area contributed by atoms with Crippen molar-refractivity contribution in [1.82, 2.24) is 10.5 Å². The van der Waals surface area contributed by atoms with Gasteiger partial charge in [0.1, 0.15) is 11.9 Å². The maximum Gasteiger partial charge on any atom is 0.255 e. The molecule has 0 fully saturated rings. The quantitative estimate of drug-likeness (QED) is 0.0976. The predicted octanol–water partition coefficient (Wildman–Crippen LogP) is 7.46. The van der Waals surface area contributed by atoms with Crippen LogP contribution in [0.2, 0.25) is 0 Å². The van der Waals surface area contributed by atoms with Crippen molar-refractivity contribution in [2.75, 3.05) is 61.2 Å². The average molecular weight is 726 g/mol. The van der Waals surface area contributed by atoms with Crippen LogP contribution in [0.25, 0.3) is 22.6 Å². The molecule has 0 spiro atoms. The summed E-state index contributed by atoms with van der Waals surface area (Å²) in [4.78, 5) is 12.8. The Hall–Kier alpha value is -6.24. The maximum atomic E-state index is 12.8. The lowest BCUT2D eigenvalue weighted by Crippen LogP contribution is -2.38. The Balaban J connectivity index is 1.06. The molecule has 0 saturated carbocycles. The molecule has 1 unspecified atom stereocenters. The molecule has 2 heterocycles. The third kappa shape index (κ3) is 7.83. The van der Waals surface area contributed by atoms with Crippen LogP contribution >= 0.6 is 0 Å². The number of nitrogens with one attached hydrogen (secondary N) is 2. The first kappa shape index (κ1) is 36.5. The van der Waals surface area contributed by atoms with Gasteiger partial charge in [-0.25, -0.2) is 0 Å². The zero-order chi connectivity index (χ0) is 37.5. The molecule has 1 aromatic heterocycles. The Labute approximate surface area is 308 Å². The number of nitrogens with zero attached hydrogens (tertiary/aromatic N) is 1. The van der Waals surface area contributed by atoms with Crippen molar-refractivity contribution in [3.05, 3.63) is 83.4 Å². The van der Waals surface area contributed by atoms with Crippen LogP contribution in [-0.4, -0.2) is 66.9 Å². The van der Waals surface area contributed by atoms with Gasteiger partial charge in [0.05, 0.1) is 61.4 Å².